The van der Waals surface area contributed by atoms with Gasteiger partial charge in [-0.2, -0.15) is 0 Å². The van der Waals surface area contributed by atoms with E-state index in [1.54, 1.807) is 12.5 Å². The molecule has 0 aliphatic heterocycles. The second kappa shape index (κ2) is 5.81. The van der Waals surface area contributed by atoms with Crippen LogP contribution in [0.5, 0.6) is 0 Å². The molecule has 5 nitrogen and oxygen atoms in total. The lowest BCUT2D eigenvalue weighted by molar-refractivity contribution is 1.05. The Balaban J connectivity index is 1.55. The molecule has 3 heterocycles. The highest BCUT2D eigenvalue weighted by Crippen LogP contribution is 2.19. The molecule has 3 aromatic heterocycles. The van der Waals surface area contributed by atoms with E-state index in [1.807, 2.05) is 76.4 Å². The monoisotopic (exact) mass is 301 g/mol. The quantitative estimate of drug-likeness (QED) is 0.623. The fraction of sp³-hybridized carbons (Fsp3) is 0. The van der Waals surface area contributed by atoms with E-state index in [2.05, 4.69) is 21.4 Å². The lowest BCUT2D eigenvalue weighted by Gasteiger charge is -2.09. The fourth-order valence-corrected chi connectivity index (χ4v) is 2.42. The fourth-order valence-electron chi connectivity index (χ4n) is 2.42. The molecule has 5 heteroatoms. The summed E-state index contributed by atoms with van der Waals surface area (Å²) < 4.78 is 3.99. The molecule has 0 bridgehead atoms. The van der Waals surface area contributed by atoms with Crippen molar-refractivity contribution >= 4 is 11.5 Å². The van der Waals surface area contributed by atoms with E-state index in [0.717, 1.165) is 22.9 Å². The molecule has 23 heavy (non-hydrogen) atoms. The molecule has 112 valence electrons. The van der Waals surface area contributed by atoms with Crippen molar-refractivity contribution < 1.29 is 0 Å². The SMILES string of the molecule is c1cc(Nc2ccc(-n3cccc3)cn2)cc(-n2ccnc2)c1. The van der Waals surface area contributed by atoms with Crippen LogP contribution in [-0.4, -0.2) is 19.1 Å². The Morgan fingerprint density at radius 2 is 1.74 bits per heavy atom. The van der Waals surface area contributed by atoms with Crippen LogP contribution in [0.15, 0.2) is 85.8 Å². The van der Waals surface area contributed by atoms with Crippen LogP contribution in [0.1, 0.15) is 0 Å². The van der Waals surface area contributed by atoms with E-state index >= 15 is 0 Å². The van der Waals surface area contributed by atoms with E-state index in [4.69, 9.17) is 0 Å². The average molecular weight is 301 g/mol. The number of rotatable bonds is 4. The minimum absolute atomic E-state index is 0.809. The molecule has 0 amide bonds. The van der Waals surface area contributed by atoms with Gasteiger partial charge in [0.1, 0.15) is 5.82 Å². The first kappa shape index (κ1) is 13.3. The Hall–Kier alpha value is -3.34. The van der Waals surface area contributed by atoms with Gasteiger partial charge < -0.3 is 14.5 Å². The van der Waals surface area contributed by atoms with Crippen molar-refractivity contribution in [1.82, 2.24) is 19.1 Å². The van der Waals surface area contributed by atoms with Gasteiger partial charge in [0.05, 0.1) is 18.2 Å². The number of aromatic nitrogens is 4. The van der Waals surface area contributed by atoms with Gasteiger partial charge in [0.2, 0.25) is 0 Å². The number of nitrogens with zero attached hydrogens (tertiary/aromatic N) is 4. The maximum atomic E-state index is 4.47. The summed E-state index contributed by atoms with van der Waals surface area (Å²) in [6, 6.07) is 16.1. The summed E-state index contributed by atoms with van der Waals surface area (Å²) in [7, 11) is 0. The highest BCUT2D eigenvalue weighted by atomic mass is 15.0. The van der Waals surface area contributed by atoms with Gasteiger partial charge >= 0.3 is 0 Å². The van der Waals surface area contributed by atoms with E-state index in [0.29, 0.717) is 0 Å². The molecule has 4 aromatic rings. The van der Waals surface area contributed by atoms with Gasteiger partial charge in [-0.05, 0) is 42.5 Å². The van der Waals surface area contributed by atoms with Gasteiger partial charge in [0.15, 0.2) is 0 Å². The number of imidazole rings is 1. The normalized spacial score (nSPS) is 10.6. The second-order valence-corrected chi connectivity index (χ2v) is 5.14. The Kier molecular flexibility index (Phi) is 3.37. The summed E-state index contributed by atoms with van der Waals surface area (Å²) in [5.74, 6) is 0.809. The number of hydrogen-bond donors (Lipinski definition) is 1. The van der Waals surface area contributed by atoms with Crippen LogP contribution < -0.4 is 5.32 Å². The molecule has 1 aromatic carbocycles. The Morgan fingerprint density at radius 1 is 0.826 bits per heavy atom. The lowest BCUT2D eigenvalue weighted by Crippen LogP contribution is -1.97. The van der Waals surface area contributed by atoms with E-state index in [9.17, 15) is 0 Å². The highest BCUT2D eigenvalue weighted by Gasteiger charge is 2.01. The van der Waals surface area contributed by atoms with Crippen molar-refractivity contribution in [3.63, 3.8) is 0 Å². The second-order valence-electron chi connectivity index (χ2n) is 5.14. The zero-order valence-electron chi connectivity index (χ0n) is 12.4. The van der Waals surface area contributed by atoms with Gasteiger partial charge in [-0.3, -0.25) is 0 Å². The summed E-state index contributed by atoms with van der Waals surface area (Å²) in [4.78, 5) is 8.55. The molecule has 1 N–H and O–H groups in total. The Labute approximate surface area is 133 Å². The molecule has 0 unspecified atom stereocenters. The number of anilines is 2. The summed E-state index contributed by atoms with van der Waals surface area (Å²) in [6.45, 7) is 0. The molecule has 0 radical (unpaired) electrons. The number of benzene rings is 1. The van der Waals surface area contributed by atoms with Crippen molar-refractivity contribution in [2.75, 3.05) is 5.32 Å². The number of pyridine rings is 1. The third kappa shape index (κ3) is 2.85. The molecular weight excluding hydrogens is 286 g/mol. The molecule has 0 saturated carbocycles. The van der Waals surface area contributed by atoms with Crippen LogP contribution in [0.25, 0.3) is 11.4 Å². The predicted molar refractivity (Wildman–Crippen MR) is 90.4 cm³/mol. The first-order chi connectivity index (χ1) is 11.4. The highest BCUT2D eigenvalue weighted by molar-refractivity contribution is 5.60. The number of hydrogen-bond acceptors (Lipinski definition) is 3. The van der Waals surface area contributed by atoms with Crippen molar-refractivity contribution in [2.24, 2.45) is 0 Å². The predicted octanol–water partition coefficient (Wildman–Crippen LogP) is 3.80. The molecule has 0 atom stereocenters. The maximum absolute atomic E-state index is 4.47. The number of nitrogens with one attached hydrogen (secondary N) is 1. The smallest absolute Gasteiger partial charge is 0.130 e. The zero-order valence-corrected chi connectivity index (χ0v) is 12.4. The van der Waals surface area contributed by atoms with Crippen LogP contribution >= 0.6 is 0 Å². The summed E-state index contributed by atoms with van der Waals surface area (Å²) in [5.41, 5.74) is 3.07. The van der Waals surface area contributed by atoms with Gasteiger partial charge in [-0.15, -0.1) is 0 Å². The van der Waals surface area contributed by atoms with E-state index in [1.165, 1.54) is 0 Å². The van der Waals surface area contributed by atoms with Gasteiger partial charge in [0, 0.05) is 36.2 Å². The third-order valence-corrected chi connectivity index (χ3v) is 3.57. The van der Waals surface area contributed by atoms with Gasteiger partial charge in [-0.1, -0.05) is 6.07 Å². The minimum Gasteiger partial charge on any atom is -0.340 e. The Morgan fingerprint density at radius 3 is 2.48 bits per heavy atom. The summed E-state index contributed by atoms with van der Waals surface area (Å²) >= 11 is 0. The topological polar surface area (TPSA) is 47.7 Å². The maximum Gasteiger partial charge on any atom is 0.130 e. The van der Waals surface area contributed by atoms with E-state index < -0.39 is 0 Å². The molecule has 0 aliphatic rings. The van der Waals surface area contributed by atoms with Crippen molar-refractivity contribution in [1.29, 1.82) is 0 Å². The molecule has 0 fully saturated rings. The average Bonchev–Trinajstić information content (AvgIpc) is 3.30. The van der Waals surface area contributed by atoms with E-state index in [-0.39, 0.29) is 0 Å². The first-order valence-electron chi connectivity index (χ1n) is 7.33. The molecular formula is C18H15N5. The zero-order chi connectivity index (χ0) is 15.5. The van der Waals surface area contributed by atoms with Crippen molar-refractivity contribution in [3.8, 4) is 11.4 Å². The largest absolute Gasteiger partial charge is 0.340 e. The van der Waals surface area contributed by atoms with Gasteiger partial charge in [0.25, 0.3) is 0 Å². The molecule has 0 spiro atoms. The minimum atomic E-state index is 0.809. The van der Waals surface area contributed by atoms with Crippen LogP contribution in [0, 0.1) is 0 Å². The third-order valence-electron chi connectivity index (χ3n) is 3.57. The van der Waals surface area contributed by atoms with Crippen molar-refractivity contribution in [2.45, 2.75) is 0 Å². The van der Waals surface area contributed by atoms with Crippen LogP contribution in [-0.2, 0) is 0 Å². The standard InChI is InChI=1S/C18H15N5/c1-2-10-22(9-1)17-6-7-18(20-13-17)21-15-4-3-5-16(12-15)23-11-8-19-14-23/h1-14H,(H,20,21). The lowest BCUT2D eigenvalue weighted by atomic mass is 10.2. The first-order valence-corrected chi connectivity index (χ1v) is 7.33. The van der Waals surface area contributed by atoms with Crippen LogP contribution in [0.3, 0.4) is 0 Å². The van der Waals surface area contributed by atoms with Crippen LogP contribution in [0.2, 0.25) is 0 Å². The summed E-state index contributed by atoms with van der Waals surface area (Å²) in [5, 5.41) is 3.32. The molecule has 0 aliphatic carbocycles. The van der Waals surface area contributed by atoms with Crippen LogP contribution in [0.4, 0.5) is 11.5 Å². The Bertz CT molecular complexity index is 878. The molecule has 0 saturated heterocycles. The van der Waals surface area contributed by atoms with Crippen molar-refractivity contribution in [3.05, 3.63) is 85.8 Å². The summed E-state index contributed by atoms with van der Waals surface area (Å²) in [6.07, 6.45) is 11.3. The van der Waals surface area contributed by atoms with Gasteiger partial charge in [-0.25, -0.2) is 9.97 Å². The molecule has 4 rings (SSSR count).